The van der Waals surface area contributed by atoms with Crippen molar-refractivity contribution < 1.29 is 18.7 Å². The Labute approximate surface area is 111 Å². The Morgan fingerprint density at radius 1 is 1.67 bits per heavy atom. The number of furan rings is 1. The number of halogens is 1. The fourth-order valence-corrected chi connectivity index (χ4v) is 2.04. The Bertz CT molecular complexity index is 574. The lowest BCUT2D eigenvalue weighted by Crippen LogP contribution is -2.13. The van der Waals surface area contributed by atoms with E-state index in [-0.39, 0.29) is 11.4 Å². The second kappa shape index (κ2) is 5.18. The maximum absolute atomic E-state index is 11.7. The highest BCUT2D eigenvalue weighted by Crippen LogP contribution is 2.19. The van der Waals surface area contributed by atoms with E-state index in [4.69, 9.17) is 4.42 Å². The summed E-state index contributed by atoms with van der Waals surface area (Å²) < 4.78 is 11.5. The molecule has 0 aliphatic heterocycles. The third-order valence-corrected chi connectivity index (χ3v) is 2.96. The molecule has 18 heavy (non-hydrogen) atoms. The van der Waals surface area contributed by atoms with E-state index < -0.39 is 5.97 Å². The summed E-state index contributed by atoms with van der Waals surface area (Å²) >= 11 is 3.21. The zero-order valence-electron chi connectivity index (χ0n) is 9.42. The molecule has 0 atom stereocenters. The van der Waals surface area contributed by atoms with Gasteiger partial charge in [-0.1, -0.05) is 0 Å². The van der Waals surface area contributed by atoms with Gasteiger partial charge >= 0.3 is 5.97 Å². The van der Waals surface area contributed by atoms with Crippen LogP contribution in [-0.4, -0.2) is 28.9 Å². The average Bonchev–Trinajstić information content (AvgIpc) is 2.98. The lowest BCUT2D eigenvalue weighted by molar-refractivity contribution is 0.0586. The maximum Gasteiger partial charge on any atom is 0.357 e. The van der Waals surface area contributed by atoms with Crippen LogP contribution in [0.5, 0.6) is 0 Å². The minimum Gasteiger partial charge on any atom is -0.472 e. The fraction of sp³-hybridized carbons (Fsp3) is 0.182. The van der Waals surface area contributed by atoms with E-state index >= 15 is 0 Å². The van der Waals surface area contributed by atoms with Crippen molar-refractivity contribution in [1.29, 1.82) is 0 Å². The number of methoxy groups -OCH3 is 1. The zero-order valence-corrected chi connectivity index (χ0v) is 11.0. The summed E-state index contributed by atoms with van der Waals surface area (Å²) in [5.41, 5.74) is 0.994. The smallest absolute Gasteiger partial charge is 0.357 e. The van der Waals surface area contributed by atoms with Crippen molar-refractivity contribution >= 4 is 28.2 Å². The van der Waals surface area contributed by atoms with Gasteiger partial charge in [0.2, 0.25) is 0 Å². The number of aromatic nitrogens is 2. The molecule has 2 heterocycles. The molecule has 0 amide bonds. The first kappa shape index (κ1) is 12.6. The number of nitrogens with zero attached hydrogens (tertiary/aromatic N) is 2. The van der Waals surface area contributed by atoms with Gasteiger partial charge in [0.25, 0.3) is 0 Å². The summed E-state index contributed by atoms with van der Waals surface area (Å²) in [5, 5.41) is 0. The average molecular weight is 313 g/mol. The van der Waals surface area contributed by atoms with Crippen molar-refractivity contribution in [3.63, 3.8) is 0 Å². The van der Waals surface area contributed by atoms with Crippen molar-refractivity contribution in [1.82, 2.24) is 9.55 Å². The summed E-state index contributed by atoms with van der Waals surface area (Å²) in [5.74, 6) is -0.612. The summed E-state index contributed by atoms with van der Waals surface area (Å²) in [4.78, 5) is 26.5. The van der Waals surface area contributed by atoms with Gasteiger partial charge in [0, 0.05) is 5.56 Å². The standard InChI is InChI=1S/C11H9BrN2O4/c1-17-10(16)9-8(5-15)13-11(12)14(9)4-7-2-3-18-6-7/h2-3,5-6H,4H2,1H3. The molecule has 0 saturated heterocycles. The molecular formula is C11H9BrN2O4. The van der Waals surface area contributed by atoms with Crippen molar-refractivity contribution in [3.8, 4) is 0 Å². The molecule has 2 aromatic heterocycles. The Balaban J connectivity index is 2.47. The molecule has 0 aromatic carbocycles. The quantitative estimate of drug-likeness (QED) is 0.636. The normalized spacial score (nSPS) is 10.3. The van der Waals surface area contributed by atoms with Crippen LogP contribution in [0.4, 0.5) is 0 Å². The van der Waals surface area contributed by atoms with Crippen LogP contribution in [0.1, 0.15) is 26.5 Å². The van der Waals surface area contributed by atoms with Gasteiger partial charge < -0.3 is 13.7 Å². The van der Waals surface area contributed by atoms with Crippen molar-refractivity contribution in [2.24, 2.45) is 0 Å². The first-order valence-corrected chi connectivity index (χ1v) is 5.77. The first-order valence-electron chi connectivity index (χ1n) is 4.98. The van der Waals surface area contributed by atoms with E-state index in [1.165, 1.54) is 13.4 Å². The molecule has 0 bridgehead atoms. The second-order valence-electron chi connectivity index (χ2n) is 3.44. The van der Waals surface area contributed by atoms with Gasteiger partial charge in [0.1, 0.15) is 5.69 Å². The predicted octanol–water partition coefficient (Wildman–Crippen LogP) is 1.89. The topological polar surface area (TPSA) is 74.3 Å². The van der Waals surface area contributed by atoms with Crippen LogP contribution in [0.15, 0.2) is 27.7 Å². The highest BCUT2D eigenvalue weighted by molar-refractivity contribution is 9.10. The van der Waals surface area contributed by atoms with Crippen LogP contribution in [0.3, 0.4) is 0 Å². The van der Waals surface area contributed by atoms with Crippen molar-refractivity contribution in [3.05, 3.63) is 40.3 Å². The van der Waals surface area contributed by atoms with Gasteiger partial charge in [-0.25, -0.2) is 9.78 Å². The molecule has 0 spiro atoms. The summed E-state index contributed by atoms with van der Waals surface area (Å²) in [6, 6.07) is 1.76. The Morgan fingerprint density at radius 3 is 3.00 bits per heavy atom. The van der Waals surface area contributed by atoms with E-state index in [0.717, 1.165) is 5.56 Å². The summed E-state index contributed by atoms with van der Waals surface area (Å²) in [7, 11) is 1.25. The van der Waals surface area contributed by atoms with Gasteiger partial charge in [-0.2, -0.15) is 0 Å². The highest BCUT2D eigenvalue weighted by atomic mass is 79.9. The number of rotatable bonds is 4. The van der Waals surface area contributed by atoms with E-state index in [2.05, 4.69) is 25.7 Å². The number of aldehydes is 1. The van der Waals surface area contributed by atoms with Crippen LogP contribution >= 0.6 is 15.9 Å². The summed E-state index contributed by atoms with van der Waals surface area (Å²) in [6.07, 6.45) is 3.59. The van der Waals surface area contributed by atoms with Gasteiger partial charge in [-0.05, 0) is 22.0 Å². The summed E-state index contributed by atoms with van der Waals surface area (Å²) in [6.45, 7) is 0.350. The molecule has 0 radical (unpaired) electrons. The molecular weight excluding hydrogens is 304 g/mol. The van der Waals surface area contributed by atoms with Gasteiger partial charge in [-0.15, -0.1) is 0 Å². The molecule has 2 rings (SSSR count). The number of imidazole rings is 1. The van der Waals surface area contributed by atoms with Crippen LogP contribution in [0, 0.1) is 0 Å². The minimum absolute atomic E-state index is 0.0391. The van der Waals surface area contributed by atoms with Gasteiger partial charge in [0.15, 0.2) is 16.7 Å². The lowest BCUT2D eigenvalue weighted by atomic mass is 10.3. The zero-order chi connectivity index (χ0) is 13.1. The third-order valence-electron chi connectivity index (χ3n) is 2.36. The molecule has 0 N–H and O–H groups in total. The van der Waals surface area contributed by atoms with E-state index in [1.807, 2.05) is 0 Å². The monoisotopic (exact) mass is 312 g/mol. The Morgan fingerprint density at radius 2 is 2.44 bits per heavy atom. The van der Waals surface area contributed by atoms with Gasteiger partial charge in [-0.3, -0.25) is 4.79 Å². The van der Waals surface area contributed by atoms with Crippen LogP contribution in [0.2, 0.25) is 0 Å². The molecule has 94 valence electrons. The number of hydrogen-bond donors (Lipinski definition) is 0. The number of ether oxygens (including phenoxy) is 1. The lowest BCUT2D eigenvalue weighted by Gasteiger charge is -2.06. The molecule has 2 aromatic rings. The number of carbonyl (C=O) groups excluding carboxylic acids is 2. The second-order valence-corrected chi connectivity index (χ2v) is 4.15. The highest BCUT2D eigenvalue weighted by Gasteiger charge is 2.22. The maximum atomic E-state index is 11.7. The van der Waals surface area contributed by atoms with Crippen molar-refractivity contribution in [2.45, 2.75) is 6.54 Å². The Kier molecular flexibility index (Phi) is 3.61. The molecule has 0 unspecified atom stereocenters. The van der Waals surface area contributed by atoms with E-state index in [1.54, 1.807) is 16.9 Å². The number of esters is 1. The molecule has 0 fully saturated rings. The third kappa shape index (κ3) is 2.21. The van der Waals surface area contributed by atoms with E-state index in [9.17, 15) is 9.59 Å². The molecule has 7 heteroatoms. The van der Waals surface area contributed by atoms with Crippen LogP contribution in [-0.2, 0) is 11.3 Å². The van der Waals surface area contributed by atoms with Gasteiger partial charge in [0.05, 0.1) is 26.2 Å². The molecule has 0 aliphatic carbocycles. The van der Waals surface area contributed by atoms with Crippen LogP contribution < -0.4 is 0 Å². The molecule has 6 nitrogen and oxygen atoms in total. The number of hydrogen-bond acceptors (Lipinski definition) is 5. The predicted molar refractivity (Wildman–Crippen MR) is 64.5 cm³/mol. The molecule has 0 saturated carbocycles. The van der Waals surface area contributed by atoms with E-state index in [0.29, 0.717) is 17.6 Å². The van der Waals surface area contributed by atoms with Crippen molar-refractivity contribution in [2.75, 3.05) is 7.11 Å². The fourth-order valence-electron chi connectivity index (χ4n) is 1.55. The number of carbonyl (C=O) groups is 2. The van der Waals surface area contributed by atoms with Crippen LogP contribution in [0.25, 0.3) is 0 Å². The first-order chi connectivity index (χ1) is 8.67. The largest absolute Gasteiger partial charge is 0.472 e. The minimum atomic E-state index is -0.612. The SMILES string of the molecule is COC(=O)c1c(C=O)nc(Br)n1Cc1ccoc1. The molecule has 0 aliphatic rings. The Hall–Kier alpha value is -1.89.